The van der Waals surface area contributed by atoms with Gasteiger partial charge >= 0.3 is 0 Å². The van der Waals surface area contributed by atoms with E-state index < -0.39 is 29.6 Å². The molecular formula is C26H37F2N5O3. The Labute approximate surface area is 210 Å². The first kappa shape index (κ1) is 27.5. The summed E-state index contributed by atoms with van der Waals surface area (Å²) in [5, 5.41) is 5.53. The van der Waals surface area contributed by atoms with Gasteiger partial charge in [-0.2, -0.15) is 0 Å². The monoisotopic (exact) mass is 505 g/mol. The Kier molecular flexibility index (Phi) is 9.39. The number of benzene rings is 1. The van der Waals surface area contributed by atoms with Gasteiger partial charge in [0.2, 0.25) is 17.7 Å². The number of imidazole rings is 1. The molecule has 3 amide bonds. The largest absolute Gasteiger partial charge is 0.345 e. The van der Waals surface area contributed by atoms with Crippen LogP contribution in [0.25, 0.3) is 11.0 Å². The van der Waals surface area contributed by atoms with E-state index in [0.717, 1.165) is 37.8 Å². The van der Waals surface area contributed by atoms with Crippen LogP contribution in [-0.4, -0.2) is 51.2 Å². The minimum atomic E-state index is -1.04. The number of fused-ring (bicyclic) bond motifs is 1. The molecule has 0 spiro atoms. The van der Waals surface area contributed by atoms with Gasteiger partial charge in [-0.3, -0.25) is 14.4 Å². The Bertz CT molecular complexity index is 1050. The molecule has 0 unspecified atom stereocenters. The highest BCUT2D eigenvalue weighted by molar-refractivity contribution is 5.92. The van der Waals surface area contributed by atoms with Gasteiger partial charge in [-0.15, -0.1) is 0 Å². The van der Waals surface area contributed by atoms with Crippen LogP contribution in [0.1, 0.15) is 84.5 Å². The number of piperidine rings is 1. The minimum absolute atomic E-state index is 0.140. The lowest BCUT2D eigenvalue weighted by molar-refractivity contribution is -0.139. The third-order valence-corrected chi connectivity index (χ3v) is 6.71. The molecule has 36 heavy (non-hydrogen) atoms. The second-order valence-electron chi connectivity index (χ2n) is 10.0. The number of nitrogens with one attached hydrogen (secondary N) is 3. The van der Waals surface area contributed by atoms with Crippen LogP contribution in [0.5, 0.6) is 0 Å². The van der Waals surface area contributed by atoms with Gasteiger partial charge in [-0.25, -0.2) is 13.8 Å². The second-order valence-corrected chi connectivity index (χ2v) is 10.0. The number of carbonyl (C=O) groups is 3. The number of hydrogen-bond donors (Lipinski definition) is 3. The molecule has 3 rings (SSSR count). The Morgan fingerprint density at radius 3 is 2.56 bits per heavy atom. The Hall–Kier alpha value is -3.04. The number of aromatic nitrogens is 2. The summed E-state index contributed by atoms with van der Waals surface area (Å²) < 4.78 is 27.1. The maximum Gasteiger partial charge on any atom is 0.243 e. The summed E-state index contributed by atoms with van der Waals surface area (Å²) in [6, 6.07) is 0.438. The van der Waals surface area contributed by atoms with Crippen LogP contribution >= 0.6 is 0 Å². The average molecular weight is 506 g/mol. The van der Waals surface area contributed by atoms with Gasteiger partial charge in [-0.05, 0) is 44.9 Å². The number of H-pyrrole nitrogens is 1. The zero-order chi connectivity index (χ0) is 26.4. The standard InChI is InChI=1S/C26H37F2N5O3/c1-5-17-8-6-7-11-33(17)24(35)14-22(30-23(34)10-9-15(2)3)26(36)29-16(4)25-31-20-12-18(27)19(28)13-21(20)32-25/h12-13,15-17,22H,5-11,14H2,1-4H3,(H,29,36)(H,30,34)(H,31,32)/t16-,17-,22-/m0/s1. The molecule has 0 radical (unpaired) electrons. The SMILES string of the molecule is CC[C@H]1CCCCN1C(=O)C[C@H](NC(=O)CCC(C)C)C(=O)N[C@@H](C)c1nc2cc(F)c(F)cc2[nH]1. The molecule has 1 saturated heterocycles. The summed E-state index contributed by atoms with van der Waals surface area (Å²) in [7, 11) is 0. The van der Waals surface area contributed by atoms with Crippen molar-refractivity contribution in [3.05, 3.63) is 29.6 Å². The number of aromatic amines is 1. The summed E-state index contributed by atoms with van der Waals surface area (Å²) >= 11 is 0. The lowest BCUT2D eigenvalue weighted by Crippen LogP contribution is -2.52. The smallest absolute Gasteiger partial charge is 0.243 e. The van der Waals surface area contributed by atoms with E-state index in [1.54, 1.807) is 6.92 Å². The second kappa shape index (κ2) is 12.3. The predicted octanol–water partition coefficient (Wildman–Crippen LogP) is 4.12. The maximum absolute atomic E-state index is 13.6. The van der Waals surface area contributed by atoms with E-state index in [1.165, 1.54) is 0 Å². The van der Waals surface area contributed by atoms with E-state index in [0.29, 0.717) is 30.2 Å². The fraction of sp³-hybridized carbons (Fsp3) is 0.615. The van der Waals surface area contributed by atoms with Crippen molar-refractivity contribution in [2.75, 3.05) is 6.54 Å². The fourth-order valence-electron chi connectivity index (χ4n) is 4.55. The molecule has 2 heterocycles. The number of likely N-dealkylation sites (tertiary alicyclic amines) is 1. The topological polar surface area (TPSA) is 107 Å². The Morgan fingerprint density at radius 2 is 1.86 bits per heavy atom. The molecule has 198 valence electrons. The lowest BCUT2D eigenvalue weighted by Gasteiger charge is -2.36. The molecule has 2 aromatic rings. The highest BCUT2D eigenvalue weighted by Gasteiger charge is 2.31. The summed E-state index contributed by atoms with van der Waals surface area (Å²) in [5.74, 6) is -2.34. The molecular weight excluding hydrogens is 468 g/mol. The van der Waals surface area contributed by atoms with Crippen molar-refractivity contribution in [2.24, 2.45) is 5.92 Å². The average Bonchev–Trinajstić information content (AvgIpc) is 3.25. The van der Waals surface area contributed by atoms with Gasteiger partial charge in [0.1, 0.15) is 11.9 Å². The number of hydrogen-bond acceptors (Lipinski definition) is 4. The first-order chi connectivity index (χ1) is 17.1. The van der Waals surface area contributed by atoms with Crippen LogP contribution in [0.15, 0.2) is 12.1 Å². The van der Waals surface area contributed by atoms with Crippen molar-refractivity contribution >= 4 is 28.8 Å². The molecule has 10 heteroatoms. The quantitative estimate of drug-likeness (QED) is 0.452. The molecule has 1 aliphatic rings. The van der Waals surface area contributed by atoms with Gasteiger partial charge in [0, 0.05) is 31.1 Å². The number of nitrogens with zero attached hydrogens (tertiary/aromatic N) is 2. The van der Waals surface area contributed by atoms with Crippen molar-refractivity contribution < 1.29 is 23.2 Å². The van der Waals surface area contributed by atoms with Crippen LogP contribution in [0.4, 0.5) is 8.78 Å². The van der Waals surface area contributed by atoms with Gasteiger partial charge in [0.15, 0.2) is 11.6 Å². The molecule has 8 nitrogen and oxygen atoms in total. The molecule has 1 fully saturated rings. The molecule has 0 saturated carbocycles. The molecule has 1 aliphatic heterocycles. The first-order valence-electron chi connectivity index (χ1n) is 12.8. The highest BCUT2D eigenvalue weighted by Crippen LogP contribution is 2.22. The van der Waals surface area contributed by atoms with E-state index >= 15 is 0 Å². The summed E-state index contributed by atoms with van der Waals surface area (Å²) in [5.41, 5.74) is 0.531. The summed E-state index contributed by atoms with van der Waals surface area (Å²) in [4.78, 5) is 48.0. The van der Waals surface area contributed by atoms with Gasteiger partial charge in [0.25, 0.3) is 0 Å². The minimum Gasteiger partial charge on any atom is -0.345 e. The van der Waals surface area contributed by atoms with Crippen molar-refractivity contribution in [1.82, 2.24) is 25.5 Å². The van der Waals surface area contributed by atoms with Gasteiger partial charge in [-0.1, -0.05) is 20.8 Å². The third kappa shape index (κ3) is 7.01. The Balaban J connectivity index is 1.73. The molecule has 3 atom stereocenters. The van der Waals surface area contributed by atoms with Crippen LogP contribution in [0.3, 0.4) is 0 Å². The molecule has 1 aromatic carbocycles. The van der Waals surface area contributed by atoms with Crippen LogP contribution in [0.2, 0.25) is 0 Å². The van der Waals surface area contributed by atoms with Gasteiger partial charge in [0.05, 0.1) is 23.5 Å². The van der Waals surface area contributed by atoms with E-state index in [-0.39, 0.29) is 36.2 Å². The van der Waals surface area contributed by atoms with Crippen LogP contribution in [0, 0.1) is 17.6 Å². The van der Waals surface area contributed by atoms with Crippen molar-refractivity contribution in [2.45, 2.75) is 90.8 Å². The summed E-state index contributed by atoms with van der Waals surface area (Å²) in [6.45, 7) is 8.37. The van der Waals surface area contributed by atoms with E-state index in [4.69, 9.17) is 0 Å². The van der Waals surface area contributed by atoms with Crippen LogP contribution in [-0.2, 0) is 14.4 Å². The fourth-order valence-corrected chi connectivity index (χ4v) is 4.55. The molecule has 0 aliphatic carbocycles. The van der Waals surface area contributed by atoms with E-state index in [9.17, 15) is 23.2 Å². The van der Waals surface area contributed by atoms with Crippen LogP contribution < -0.4 is 10.6 Å². The zero-order valence-electron chi connectivity index (χ0n) is 21.5. The number of halogens is 2. The predicted molar refractivity (Wildman–Crippen MR) is 133 cm³/mol. The van der Waals surface area contributed by atoms with Gasteiger partial charge < -0.3 is 20.5 Å². The van der Waals surface area contributed by atoms with E-state index in [2.05, 4.69) is 20.6 Å². The number of rotatable bonds is 10. The van der Waals surface area contributed by atoms with Crippen molar-refractivity contribution in [3.8, 4) is 0 Å². The molecule has 0 bridgehead atoms. The Morgan fingerprint density at radius 1 is 1.14 bits per heavy atom. The molecule has 3 N–H and O–H groups in total. The van der Waals surface area contributed by atoms with Crippen molar-refractivity contribution in [3.63, 3.8) is 0 Å². The van der Waals surface area contributed by atoms with E-state index in [1.807, 2.05) is 25.7 Å². The third-order valence-electron chi connectivity index (χ3n) is 6.71. The maximum atomic E-state index is 13.6. The normalized spacial score (nSPS) is 17.8. The zero-order valence-corrected chi connectivity index (χ0v) is 21.5. The first-order valence-corrected chi connectivity index (χ1v) is 12.8. The highest BCUT2D eigenvalue weighted by atomic mass is 19.2. The molecule has 1 aromatic heterocycles. The van der Waals surface area contributed by atoms with Crippen molar-refractivity contribution in [1.29, 1.82) is 0 Å². The lowest BCUT2D eigenvalue weighted by atomic mass is 9.98. The number of amides is 3. The number of carbonyl (C=O) groups excluding carboxylic acids is 3. The summed E-state index contributed by atoms with van der Waals surface area (Å²) in [6.07, 6.45) is 4.55.